The average molecular weight is 291 g/mol. The first-order chi connectivity index (χ1) is 9.58. The first-order valence-electron chi connectivity index (χ1n) is 6.63. The molecule has 20 heavy (non-hydrogen) atoms. The highest BCUT2D eigenvalue weighted by Crippen LogP contribution is 2.33. The zero-order chi connectivity index (χ0) is 14.3. The van der Waals surface area contributed by atoms with E-state index in [-0.39, 0.29) is 18.1 Å². The summed E-state index contributed by atoms with van der Waals surface area (Å²) in [5.41, 5.74) is 6.65. The third kappa shape index (κ3) is 2.14. The molecule has 106 valence electrons. The maximum Gasteiger partial charge on any atom is 0.266 e. The van der Waals surface area contributed by atoms with E-state index in [1.54, 1.807) is 6.20 Å². The summed E-state index contributed by atoms with van der Waals surface area (Å²) in [5, 5.41) is 0.856. The molecule has 0 aromatic carbocycles. The predicted molar refractivity (Wildman–Crippen MR) is 79.9 cm³/mol. The highest BCUT2D eigenvalue weighted by Gasteiger charge is 2.30. The van der Waals surface area contributed by atoms with Gasteiger partial charge in [-0.3, -0.25) is 4.79 Å². The zero-order valence-corrected chi connectivity index (χ0v) is 12.3. The van der Waals surface area contributed by atoms with Crippen LogP contribution >= 0.6 is 11.3 Å². The Morgan fingerprint density at radius 1 is 1.55 bits per heavy atom. The summed E-state index contributed by atoms with van der Waals surface area (Å²) in [6, 6.07) is 3.80. The highest BCUT2D eigenvalue weighted by atomic mass is 32.1. The van der Waals surface area contributed by atoms with Crippen LogP contribution in [-0.2, 0) is 4.74 Å². The number of amides is 1. The van der Waals surface area contributed by atoms with Gasteiger partial charge in [0, 0.05) is 18.1 Å². The lowest BCUT2D eigenvalue weighted by molar-refractivity contribution is -0.0385. The number of nitrogens with two attached hydrogens (primary N) is 1. The third-order valence-electron chi connectivity index (χ3n) is 3.57. The van der Waals surface area contributed by atoms with Crippen LogP contribution in [0.3, 0.4) is 0 Å². The maximum absolute atomic E-state index is 12.7. The Labute approximate surface area is 121 Å². The Hall–Kier alpha value is -1.66. The average Bonchev–Trinajstić information content (AvgIpc) is 2.79. The number of pyridine rings is 1. The first kappa shape index (κ1) is 13.3. The normalized spacial score (nSPS) is 23.2. The zero-order valence-electron chi connectivity index (χ0n) is 11.5. The molecule has 0 spiro atoms. The number of anilines is 1. The Kier molecular flexibility index (Phi) is 3.35. The lowest BCUT2D eigenvalue weighted by Crippen LogP contribution is -2.50. The Morgan fingerprint density at radius 3 is 3.10 bits per heavy atom. The quantitative estimate of drug-likeness (QED) is 0.874. The van der Waals surface area contributed by atoms with Gasteiger partial charge in [-0.05, 0) is 26.0 Å². The van der Waals surface area contributed by atoms with Gasteiger partial charge in [0.2, 0.25) is 0 Å². The second kappa shape index (κ2) is 5.03. The van der Waals surface area contributed by atoms with Gasteiger partial charge < -0.3 is 15.4 Å². The van der Waals surface area contributed by atoms with Crippen molar-refractivity contribution < 1.29 is 9.53 Å². The molecule has 0 saturated carbocycles. The van der Waals surface area contributed by atoms with Gasteiger partial charge in [0.1, 0.15) is 9.71 Å². The van der Waals surface area contributed by atoms with E-state index < -0.39 is 0 Å². The van der Waals surface area contributed by atoms with E-state index in [4.69, 9.17) is 10.5 Å². The summed E-state index contributed by atoms with van der Waals surface area (Å²) in [6.07, 6.45) is 1.77. The number of nitrogen functional groups attached to an aromatic ring is 1. The molecule has 1 aliphatic rings. The lowest BCUT2D eigenvalue weighted by atomic mass is 10.2. The number of thiophene rings is 1. The standard InChI is InChI=1S/C14H17N3O2S/c1-8-7-19-9(2)6-17(8)14(18)12-11(15)10-4-3-5-16-13(10)20-12/h3-5,8-9H,6-7,15H2,1-2H3. The van der Waals surface area contributed by atoms with E-state index in [0.29, 0.717) is 23.7 Å². The molecule has 2 aromatic rings. The number of nitrogens with zero attached hydrogens (tertiary/aromatic N) is 2. The Bertz CT molecular complexity index is 655. The second-order valence-electron chi connectivity index (χ2n) is 5.15. The summed E-state index contributed by atoms with van der Waals surface area (Å²) < 4.78 is 5.56. The minimum absolute atomic E-state index is 0.0202. The minimum atomic E-state index is -0.0202. The van der Waals surface area contributed by atoms with Crippen LogP contribution in [0.25, 0.3) is 10.2 Å². The number of ether oxygens (including phenoxy) is 1. The molecule has 5 nitrogen and oxygen atoms in total. The number of carbonyl (C=O) groups is 1. The van der Waals surface area contributed by atoms with E-state index in [1.807, 2.05) is 30.9 Å². The fourth-order valence-electron chi connectivity index (χ4n) is 2.43. The number of hydrogen-bond acceptors (Lipinski definition) is 5. The van der Waals surface area contributed by atoms with Crippen molar-refractivity contribution in [1.82, 2.24) is 9.88 Å². The van der Waals surface area contributed by atoms with Crippen molar-refractivity contribution >= 4 is 33.1 Å². The van der Waals surface area contributed by atoms with E-state index in [9.17, 15) is 4.79 Å². The number of hydrogen-bond donors (Lipinski definition) is 1. The van der Waals surface area contributed by atoms with E-state index in [1.165, 1.54) is 11.3 Å². The van der Waals surface area contributed by atoms with Crippen molar-refractivity contribution in [2.75, 3.05) is 18.9 Å². The van der Waals surface area contributed by atoms with Crippen LogP contribution in [0.5, 0.6) is 0 Å². The van der Waals surface area contributed by atoms with E-state index in [2.05, 4.69) is 4.98 Å². The molecule has 0 bridgehead atoms. The van der Waals surface area contributed by atoms with Gasteiger partial charge >= 0.3 is 0 Å². The highest BCUT2D eigenvalue weighted by molar-refractivity contribution is 7.21. The maximum atomic E-state index is 12.7. The van der Waals surface area contributed by atoms with Gasteiger partial charge in [-0.25, -0.2) is 4.98 Å². The molecule has 1 saturated heterocycles. The van der Waals surface area contributed by atoms with Gasteiger partial charge in [-0.2, -0.15) is 0 Å². The Morgan fingerprint density at radius 2 is 2.35 bits per heavy atom. The molecule has 0 radical (unpaired) electrons. The second-order valence-corrected chi connectivity index (χ2v) is 6.15. The lowest BCUT2D eigenvalue weighted by Gasteiger charge is -2.36. The third-order valence-corrected chi connectivity index (χ3v) is 4.68. The van der Waals surface area contributed by atoms with Gasteiger partial charge in [-0.1, -0.05) is 0 Å². The van der Waals surface area contributed by atoms with Crippen LogP contribution < -0.4 is 5.73 Å². The summed E-state index contributed by atoms with van der Waals surface area (Å²) in [4.78, 5) is 20.2. The van der Waals surface area contributed by atoms with Crippen molar-refractivity contribution in [3.8, 4) is 0 Å². The van der Waals surface area contributed by atoms with Crippen molar-refractivity contribution in [1.29, 1.82) is 0 Å². The smallest absolute Gasteiger partial charge is 0.266 e. The molecule has 1 aliphatic heterocycles. The van der Waals surface area contributed by atoms with E-state index >= 15 is 0 Å². The fourth-order valence-corrected chi connectivity index (χ4v) is 3.45. The number of fused-ring (bicyclic) bond motifs is 1. The number of carbonyl (C=O) groups excluding carboxylic acids is 1. The largest absolute Gasteiger partial charge is 0.397 e. The topological polar surface area (TPSA) is 68.5 Å². The number of morpholine rings is 1. The van der Waals surface area contributed by atoms with Crippen molar-refractivity contribution in [2.24, 2.45) is 0 Å². The molecular formula is C14H17N3O2S. The van der Waals surface area contributed by atoms with Gasteiger partial charge in [0.05, 0.1) is 24.4 Å². The van der Waals surface area contributed by atoms with Crippen molar-refractivity contribution in [2.45, 2.75) is 26.0 Å². The first-order valence-corrected chi connectivity index (χ1v) is 7.45. The molecule has 2 aromatic heterocycles. The van der Waals surface area contributed by atoms with Crippen LogP contribution in [-0.4, -0.2) is 41.1 Å². The molecule has 3 heterocycles. The molecule has 1 amide bonds. The molecule has 2 N–H and O–H groups in total. The van der Waals surface area contributed by atoms with Gasteiger partial charge in [0.15, 0.2) is 0 Å². The van der Waals surface area contributed by atoms with Crippen LogP contribution in [0.15, 0.2) is 18.3 Å². The Balaban J connectivity index is 1.97. The summed E-state index contributed by atoms with van der Waals surface area (Å²) in [5.74, 6) is -0.0202. The molecule has 3 rings (SSSR count). The fraction of sp³-hybridized carbons (Fsp3) is 0.429. The van der Waals surface area contributed by atoms with Crippen LogP contribution in [0.4, 0.5) is 5.69 Å². The van der Waals surface area contributed by atoms with Crippen LogP contribution in [0.1, 0.15) is 23.5 Å². The van der Waals surface area contributed by atoms with Gasteiger partial charge in [0.25, 0.3) is 5.91 Å². The molecular weight excluding hydrogens is 274 g/mol. The molecule has 2 unspecified atom stereocenters. The van der Waals surface area contributed by atoms with Crippen molar-refractivity contribution in [3.05, 3.63) is 23.2 Å². The monoisotopic (exact) mass is 291 g/mol. The molecule has 1 fully saturated rings. The number of aromatic nitrogens is 1. The van der Waals surface area contributed by atoms with Crippen molar-refractivity contribution in [3.63, 3.8) is 0 Å². The summed E-state index contributed by atoms with van der Waals surface area (Å²) in [7, 11) is 0. The molecule has 2 atom stereocenters. The van der Waals surface area contributed by atoms with Crippen LogP contribution in [0.2, 0.25) is 0 Å². The minimum Gasteiger partial charge on any atom is -0.397 e. The number of rotatable bonds is 1. The SMILES string of the molecule is CC1CN(C(=O)c2sc3ncccc3c2N)C(C)CO1. The predicted octanol–water partition coefficient (Wildman–Crippen LogP) is 2.13. The molecule has 6 heteroatoms. The van der Waals surface area contributed by atoms with E-state index in [0.717, 1.165) is 10.2 Å². The molecule has 0 aliphatic carbocycles. The van der Waals surface area contributed by atoms with Gasteiger partial charge in [-0.15, -0.1) is 11.3 Å². The summed E-state index contributed by atoms with van der Waals surface area (Å²) in [6.45, 7) is 5.13. The summed E-state index contributed by atoms with van der Waals surface area (Å²) >= 11 is 1.36. The van der Waals surface area contributed by atoms with Crippen LogP contribution in [0, 0.1) is 0 Å².